The smallest absolute Gasteiger partial charge is 0.161 e. The fourth-order valence-electron chi connectivity index (χ4n) is 7.16. The second-order valence-corrected chi connectivity index (χ2v) is 12.9. The molecule has 40 heavy (non-hydrogen) atoms. The fraction of sp³-hybridized carbons (Fsp3) is 0.486. The molecule has 2 heterocycles. The summed E-state index contributed by atoms with van der Waals surface area (Å²) in [6, 6.07) is 27.1. The Morgan fingerprint density at radius 1 is 0.900 bits per heavy atom. The Hall–Kier alpha value is -2.86. The molecule has 3 aromatic carbocycles. The van der Waals surface area contributed by atoms with Gasteiger partial charge in [0.15, 0.2) is 6.29 Å². The normalized spacial score (nSPS) is 23.8. The molecule has 2 aliphatic heterocycles. The van der Waals surface area contributed by atoms with E-state index in [0.717, 1.165) is 38.1 Å². The molecule has 212 valence electrons. The number of fused-ring (bicyclic) bond motifs is 1. The standard InChI is InChI=1S/C35H43NO4/c1-34(2,3)40-29-16-18-31-26(19-29)13-17-30(24-9-7-6-8-10-24)32(31)25-11-14-28(15-12-25)36-22-35(23-36)20-27(21-39-35)33(37-4)38-5/h6-12,14-16,18-19,27,30,32-33H,13,17,20-23H2,1-5H3/t27-,30+,32-/m0/s1. The van der Waals surface area contributed by atoms with Gasteiger partial charge in [0.25, 0.3) is 0 Å². The topological polar surface area (TPSA) is 40.2 Å². The average Bonchev–Trinajstić information content (AvgIpc) is 3.38. The summed E-state index contributed by atoms with van der Waals surface area (Å²) in [5.41, 5.74) is 6.60. The van der Waals surface area contributed by atoms with Crippen molar-refractivity contribution in [2.24, 2.45) is 5.92 Å². The monoisotopic (exact) mass is 541 g/mol. The Kier molecular flexibility index (Phi) is 7.41. The molecule has 0 radical (unpaired) electrons. The van der Waals surface area contributed by atoms with Gasteiger partial charge < -0.3 is 23.8 Å². The Bertz CT molecular complexity index is 1290. The molecule has 0 bridgehead atoms. The van der Waals surface area contributed by atoms with E-state index in [1.54, 1.807) is 14.2 Å². The average molecular weight is 542 g/mol. The number of ether oxygens (including phenoxy) is 4. The third kappa shape index (κ3) is 5.39. The van der Waals surface area contributed by atoms with Crippen LogP contribution in [0, 0.1) is 5.92 Å². The van der Waals surface area contributed by atoms with Gasteiger partial charge in [-0.25, -0.2) is 0 Å². The van der Waals surface area contributed by atoms with Crippen molar-refractivity contribution in [2.45, 2.75) is 69.4 Å². The molecule has 0 N–H and O–H groups in total. The van der Waals surface area contributed by atoms with Crippen LogP contribution >= 0.6 is 0 Å². The molecule has 2 fully saturated rings. The maximum absolute atomic E-state index is 6.27. The van der Waals surface area contributed by atoms with Gasteiger partial charge in [0, 0.05) is 44.8 Å². The largest absolute Gasteiger partial charge is 0.488 e. The molecule has 5 heteroatoms. The first-order valence-electron chi connectivity index (χ1n) is 14.7. The molecule has 1 spiro atoms. The van der Waals surface area contributed by atoms with Crippen LogP contribution in [0.5, 0.6) is 5.75 Å². The highest BCUT2D eigenvalue weighted by atomic mass is 16.7. The van der Waals surface area contributed by atoms with E-state index < -0.39 is 0 Å². The zero-order chi connectivity index (χ0) is 27.9. The second-order valence-electron chi connectivity index (χ2n) is 12.9. The zero-order valence-corrected chi connectivity index (χ0v) is 24.6. The van der Waals surface area contributed by atoms with Crippen LogP contribution in [0.3, 0.4) is 0 Å². The van der Waals surface area contributed by atoms with Crippen molar-refractivity contribution in [3.8, 4) is 5.75 Å². The van der Waals surface area contributed by atoms with Crippen molar-refractivity contribution >= 4 is 5.69 Å². The molecule has 3 aliphatic rings. The highest BCUT2D eigenvalue weighted by Crippen LogP contribution is 2.48. The predicted octanol–water partition coefficient (Wildman–Crippen LogP) is 6.94. The Balaban J connectivity index is 1.23. The quantitative estimate of drug-likeness (QED) is 0.303. The second kappa shape index (κ2) is 10.8. The summed E-state index contributed by atoms with van der Waals surface area (Å²) in [4.78, 5) is 2.43. The van der Waals surface area contributed by atoms with E-state index in [0.29, 0.717) is 18.4 Å². The minimum atomic E-state index is -0.208. The summed E-state index contributed by atoms with van der Waals surface area (Å²) in [7, 11) is 3.42. The van der Waals surface area contributed by atoms with Crippen LogP contribution in [-0.2, 0) is 20.6 Å². The highest BCUT2D eigenvalue weighted by molar-refractivity contribution is 5.55. The molecule has 0 saturated carbocycles. The third-order valence-corrected chi connectivity index (χ3v) is 8.89. The summed E-state index contributed by atoms with van der Waals surface area (Å²) in [5.74, 6) is 2.00. The SMILES string of the molecule is COC(OC)[C@@H]1COC2(C1)CN(c1ccc([C@@H]3c4ccc(OC(C)(C)C)cc4CC[C@@H]3c3ccccc3)cc1)C2. The van der Waals surface area contributed by atoms with Gasteiger partial charge in [-0.1, -0.05) is 48.5 Å². The van der Waals surface area contributed by atoms with Crippen LogP contribution in [-0.4, -0.2) is 51.4 Å². The maximum Gasteiger partial charge on any atom is 0.161 e. The minimum Gasteiger partial charge on any atom is -0.488 e. The van der Waals surface area contributed by atoms with Crippen molar-refractivity contribution in [3.05, 3.63) is 95.1 Å². The molecule has 0 unspecified atom stereocenters. The fourth-order valence-corrected chi connectivity index (χ4v) is 7.16. The Morgan fingerprint density at radius 2 is 1.62 bits per heavy atom. The summed E-state index contributed by atoms with van der Waals surface area (Å²) in [6.45, 7) is 8.85. The third-order valence-electron chi connectivity index (χ3n) is 8.89. The minimum absolute atomic E-state index is 0.0772. The van der Waals surface area contributed by atoms with Crippen LogP contribution in [0.15, 0.2) is 72.8 Å². The first-order valence-corrected chi connectivity index (χ1v) is 14.7. The zero-order valence-electron chi connectivity index (χ0n) is 24.6. The van der Waals surface area contributed by atoms with Crippen LogP contribution in [0.4, 0.5) is 5.69 Å². The van der Waals surface area contributed by atoms with Crippen molar-refractivity contribution in [3.63, 3.8) is 0 Å². The van der Waals surface area contributed by atoms with Crippen LogP contribution in [0.1, 0.15) is 67.7 Å². The lowest BCUT2D eigenvalue weighted by atomic mass is 9.69. The van der Waals surface area contributed by atoms with Gasteiger partial charge in [-0.2, -0.15) is 0 Å². The van der Waals surface area contributed by atoms with Crippen LogP contribution in [0.2, 0.25) is 0 Å². The number of hydrogen-bond donors (Lipinski definition) is 0. The molecule has 3 aromatic rings. The van der Waals surface area contributed by atoms with Crippen LogP contribution in [0.25, 0.3) is 0 Å². The first kappa shape index (κ1) is 27.3. The number of nitrogens with zero attached hydrogens (tertiary/aromatic N) is 1. The number of anilines is 1. The van der Waals surface area contributed by atoms with E-state index in [1.165, 1.54) is 27.9 Å². The maximum atomic E-state index is 6.27. The van der Waals surface area contributed by atoms with Crippen molar-refractivity contribution < 1.29 is 18.9 Å². The number of benzene rings is 3. The molecule has 0 aromatic heterocycles. The van der Waals surface area contributed by atoms with Gasteiger partial charge in [0.2, 0.25) is 0 Å². The lowest BCUT2D eigenvalue weighted by Gasteiger charge is -2.48. The van der Waals surface area contributed by atoms with Gasteiger partial charge in [-0.05, 0) is 92.5 Å². The van der Waals surface area contributed by atoms with E-state index in [-0.39, 0.29) is 23.4 Å². The van der Waals surface area contributed by atoms with Gasteiger partial charge in [0.05, 0.1) is 6.61 Å². The molecule has 5 nitrogen and oxygen atoms in total. The summed E-state index contributed by atoms with van der Waals surface area (Å²) < 4.78 is 23.5. The van der Waals surface area contributed by atoms with Crippen LogP contribution < -0.4 is 9.64 Å². The van der Waals surface area contributed by atoms with Crippen molar-refractivity contribution in [1.82, 2.24) is 0 Å². The predicted molar refractivity (Wildman–Crippen MR) is 159 cm³/mol. The van der Waals surface area contributed by atoms with E-state index in [1.807, 2.05) is 0 Å². The lowest BCUT2D eigenvalue weighted by molar-refractivity contribution is -0.136. The van der Waals surface area contributed by atoms with Gasteiger partial charge in [-0.3, -0.25) is 0 Å². The van der Waals surface area contributed by atoms with Gasteiger partial charge in [-0.15, -0.1) is 0 Å². The van der Waals surface area contributed by atoms with Gasteiger partial charge >= 0.3 is 0 Å². The molecule has 3 atom stereocenters. The van der Waals surface area contributed by atoms with E-state index >= 15 is 0 Å². The molecular weight excluding hydrogens is 498 g/mol. The molecule has 6 rings (SSSR count). The van der Waals surface area contributed by atoms with E-state index in [2.05, 4.69) is 98.5 Å². The lowest BCUT2D eigenvalue weighted by Crippen LogP contribution is -2.61. The molecule has 2 saturated heterocycles. The number of methoxy groups -OCH3 is 2. The number of hydrogen-bond acceptors (Lipinski definition) is 5. The highest BCUT2D eigenvalue weighted by Gasteiger charge is 2.51. The summed E-state index contributed by atoms with van der Waals surface area (Å²) in [5, 5.41) is 0. The van der Waals surface area contributed by atoms with Crippen molar-refractivity contribution in [2.75, 3.05) is 38.8 Å². The molecular formula is C35H43NO4. The summed E-state index contributed by atoms with van der Waals surface area (Å²) in [6.07, 6.45) is 2.97. The number of aryl methyl sites for hydroxylation is 1. The Morgan fingerprint density at radius 3 is 2.30 bits per heavy atom. The van der Waals surface area contributed by atoms with E-state index in [4.69, 9.17) is 18.9 Å². The van der Waals surface area contributed by atoms with Gasteiger partial charge in [0.1, 0.15) is 17.0 Å². The first-order chi connectivity index (χ1) is 19.3. The summed E-state index contributed by atoms with van der Waals surface area (Å²) >= 11 is 0. The Labute approximate surface area is 239 Å². The molecule has 0 amide bonds. The van der Waals surface area contributed by atoms with E-state index in [9.17, 15) is 0 Å². The number of rotatable bonds is 7. The van der Waals surface area contributed by atoms with Crippen molar-refractivity contribution in [1.29, 1.82) is 0 Å². The molecule has 1 aliphatic carbocycles.